The molecule has 2 aromatic heterocycles. The predicted octanol–water partition coefficient (Wildman–Crippen LogP) is 18.3. The van der Waals surface area contributed by atoms with E-state index < -0.39 is 0 Å². The standard InChI is InChI=1S/C64H42N2O3/c67-59-33-11-9-27-51(59)46-23-15-26-49(39-46)66(48-25-14-22-45(38-48)43-19-5-2-6-20-43)58-41-62-63(54-30-8-7-28-52(54)58)56-40-50(35-36-61(56)68-62)65(47-24-13-21-44(37-47)42-17-3-1-4-18-42)57-32-16-31-55-53-29-10-12-34-60(53)69-64(55)57/h1-41,67H. The van der Waals surface area contributed by atoms with Crippen LogP contribution in [0.3, 0.4) is 0 Å². The number of benzene rings is 11. The van der Waals surface area contributed by atoms with Gasteiger partial charge in [0.25, 0.3) is 0 Å². The van der Waals surface area contributed by atoms with Crippen LogP contribution in [0.4, 0.5) is 34.1 Å². The minimum Gasteiger partial charge on any atom is -0.507 e. The lowest BCUT2D eigenvalue weighted by Gasteiger charge is -2.28. The summed E-state index contributed by atoms with van der Waals surface area (Å²) in [5.41, 5.74) is 15.2. The van der Waals surface area contributed by atoms with Crippen LogP contribution in [0.2, 0.25) is 0 Å². The fraction of sp³-hybridized carbons (Fsp3) is 0. The molecule has 0 spiro atoms. The normalized spacial score (nSPS) is 11.5. The van der Waals surface area contributed by atoms with Crippen molar-refractivity contribution in [3.63, 3.8) is 0 Å². The van der Waals surface area contributed by atoms with Gasteiger partial charge in [-0.05, 0) is 106 Å². The molecule has 0 fully saturated rings. The number of hydrogen-bond donors (Lipinski definition) is 1. The minimum absolute atomic E-state index is 0.234. The molecule has 0 aliphatic rings. The largest absolute Gasteiger partial charge is 0.507 e. The maximum absolute atomic E-state index is 11.0. The third-order valence-corrected chi connectivity index (χ3v) is 13.3. The molecule has 0 bridgehead atoms. The number of aromatic hydroxyl groups is 1. The van der Waals surface area contributed by atoms with Gasteiger partial charge >= 0.3 is 0 Å². The molecule has 13 rings (SSSR count). The Morgan fingerprint density at radius 3 is 1.49 bits per heavy atom. The van der Waals surface area contributed by atoms with Crippen LogP contribution in [0.1, 0.15) is 0 Å². The summed E-state index contributed by atoms with van der Waals surface area (Å²) in [5.74, 6) is 0.234. The lowest BCUT2D eigenvalue weighted by molar-refractivity contribution is 0.477. The Morgan fingerprint density at radius 1 is 0.290 bits per heavy atom. The molecule has 11 aromatic carbocycles. The Bertz CT molecular complexity index is 4060. The van der Waals surface area contributed by atoms with Crippen molar-refractivity contribution in [2.75, 3.05) is 9.80 Å². The van der Waals surface area contributed by atoms with Crippen molar-refractivity contribution >= 4 is 88.8 Å². The molecule has 326 valence electrons. The average Bonchev–Trinajstić information content (AvgIpc) is 3.99. The van der Waals surface area contributed by atoms with Gasteiger partial charge < -0.3 is 23.7 Å². The van der Waals surface area contributed by atoms with Crippen molar-refractivity contribution in [1.82, 2.24) is 0 Å². The third kappa shape index (κ3) is 6.95. The van der Waals surface area contributed by atoms with Gasteiger partial charge in [-0.25, -0.2) is 0 Å². The maximum atomic E-state index is 11.0. The number of rotatable bonds is 9. The van der Waals surface area contributed by atoms with Crippen molar-refractivity contribution < 1.29 is 13.9 Å². The first-order valence-electron chi connectivity index (χ1n) is 23.2. The van der Waals surface area contributed by atoms with Crippen molar-refractivity contribution in [3.05, 3.63) is 249 Å². The zero-order valence-electron chi connectivity index (χ0n) is 37.3. The SMILES string of the molecule is Oc1ccccc1-c1cccc(N(c2cccc(-c3ccccc3)c2)c2cc3oc4ccc(N(c5cccc(-c6ccccc6)c5)c5cccc6c5oc5ccccc56)cc4c3c3ccccc23)c1. The fourth-order valence-electron chi connectivity index (χ4n) is 10.1. The first-order chi connectivity index (χ1) is 34.1. The summed E-state index contributed by atoms with van der Waals surface area (Å²) in [4.78, 5) is 4.62. The van der Waals surface area contributed by atoms with Gasteiger partial charge in [0.1, 0.15) is 22.5 Å². The molecular formula is C64H42N2O3. The van der Waals surface area contributed by atoms with E-state index in [1.54, 1.807) is 6.07 Å². The zero-order valence-corrected chi connectivity index (χ0v) is 37.3. The molecule has 0 saturated carbocycles. The van der Waals surface area contributed by atoms with Crippen LogP contribution >= 0.6 is 0 Å². The first kappa shape index (κ1) is 40.0. The van der Waals surface area contributed by atoms with Crippen LogP contribution in [0.25, 0.3) is 88.0 Å². The summed E-state index contributed by atoms with van der Waals surface area (Å²) in [6.07, 6.45) is 0. The monoisotopic (exact) mass is 886 g/mol. The number of para-hydroxylation sites is 3. The third-order valence-electron chi connectivity index (χ3n) is 13.3. The number of nitrogens with zero attached hydrogens (tertiary/aromatic N) is 2. The highest BCUT2D eigenvalue weighted by Gasteiger charge is 2.24. The zero-order chi connectivity index (χ0) is 45.8. The maximum Gasteiger partial charge on any atom is 0.159 e. The number of fused-ring (bicyclic) bond motifs is 8. The average molecular weight is 887 g/mol. The molecule has 0 aliphatic carbocycles. The second kappa shape index (κ2) is 16.5. The molecule has 2 heterocycles. The predicted molar refractivity (Wildman–Crippen MR) is 286 cm³/mol. The van der Waals surface area contributed by atoms with Gasteiger partial charge in [0.15, 0.2) is 5.58 Å². The van der Waals surface area contributed by atoms with Crippen LogP contribution < -0.4 is 9.80 Å². The number of phenols is 1. The highest BCUT2D eigenvalue weighted by molar-refractivity contribution is 6.23. The second-order valence-electron chi connectivity index (χ2n) is 17.4. The molecule has 13 aromatic rings. The highest BCUT2D eigenvalue weighted by atomic mass is 16.3. The van der Waals surface area contributed by atoms with Crippen molar-refractivity contribution in [2.45, 2.75) is 0 Å². The quantitative estimate of drug-likeness (QED) is 0.156. The highest BCUT2D eigenvalue weighted by Crippen LogP contribution is 2.49. The van der Waals surface area contributed by atoms with E-state index in [4.69, 9.17) is 8.83 Å². The summed E-state index contributed by atoms with van der Waals surface area (Å²) in [6.45, 7) is 0. The van der Waals surface area contributed by atoms with E-state index in [1.807, 2.05) is 42.5 Å². The molecule has 69 heavy (non-hydrogen) atoms. The van der Waals surface area contributed by atoms with Gasteiger partial charge in [-0.1, -0.05) is 170 Å². The molecule has 5 nitrogen and oxygen atoms in total. The van der Waals surface area contributed by atoms with Crippen molar-refractivity contribution in [2.24, 2.45) is 0 Å². The number of furan rings is 2. The Morgan fingerprint density at radius 2 is 0.797 bits per heavy atom. The van der Waals surface area contributed by atoms with E-state index in [9.17, 15) is 5.11 Å². The van der Waals surface area contributed by atoms with Gasteiger partial charge in [-0.15, -0.1) is 0 Å². The molecule has 1 N–H and O–H groups in total. The summed E-state index contributed by atoms with van der Waals surface area (Å²) >= 11 is 0. The fourth-order valence-corrected chi connectivity index (χ4v) is 10.1. The van der Waals surface area contributed by atoms with Gasteiger partial charge in [-0.3, -0.25) is 0 Å². The summed E-state index contributed by atoms with van der Waals surface area (Å²) < 4.78 is 13.7. The molecule has 0 radical (unpaired) electrons. The van der Waals surface area contributed by atoms with Gasteiger partial charge in [0.05, 0.1) is 11.4 Å². The second-order valence-corrected chi connectivity index (χ2v) is 17.4. The molecule has 5 heteroatoms. The van der Waals surface area contributed by atoms with Gasteiger partial charge in [0.2, 0.25) is 0 Å². The number of hydrogen-bond acceptors (Lipinski definition) is 5. The topological polar surface area (TPSA) is 53.0 Å². The Kier molecular flexibility index (Phi) is 9.58. The molecule has 0 atom stereocenters. The van der Waals surface area contributed by atoms with Gasteiger partial charge in [0, 0.05) is 61.3 Å². The van der Waals surface area contributed by atoms with Crippen molar-refractivity contribution in [3.8, 4) is 39.1 Å². The lowest BCUT2D eigenvalue weighted by atomic mass is 9.99. The van der Waals surface area contributed by atoms with E-state index >= 15 is 0 Å². The van der Waals surface area contributed by atoms with Crippen molar-refractivity contribution in [1.29, 1.82) is 0 Å². The molecule has 0 saturated heterocycles. The summed E-state index contributed by atoms with van der Waals surface area (Å²) in [7, 11) is 0. The smallest absolute Gasteiger partial charge is 0.159 e. The van der Waals surface area contributed by atoms with Crippen LogP contribution in [-0.2, 0) is 0 Å². The number of phenolic OH excluding ortho intramolecular Hbond substituents is 1. The summed E-state index contributed by atoms with van der Waals surface area (Å²) in [6, 6.07) is 86.3. The van der Waals surface area contributed by atoms with Gasteiger partial charge in [-0.2, -0.15) is 0 Å². The summed E-state index contributed by atoms with van der Waals surface area (Å²) in [5, 5.41) is 17.3. The Balaban J connectivity index is 1.03. The Labute approximate surface area is 398 Å². The van der Waals surface area contributed by atoms with E-state index in [2.05, 4.69) is 210 Å². The molecule has 0 unspecified atom stereocenters. The molecule has 0 aliphatic heterocycles. The molecular weight excluding hydrogens is 845 g/mol. The van der Waals surface area contributed by atoms with Crippen LogP contribution in [0.5, 0.6) is 5.75 Å². The van der Waals surface area contributed by atoms with E-state index in [-0.39, 0.29) is 5.75 Å². The van der Waals surface area contributed by atoms with Crippen LogP contribution in [0, 0.1) is 0 Å². The van der Waals surface area contributed by atoms with Crippen LogP contribution in [0.15, 0.2) is 258 Å². The first-order valence-corrected chi connectivity index (χ1v) is 23.2. The lowest BCUT2D eigenvalue weighted by Crippen LogP contribution is -2.11. The molecule has 0 amide bonds. The minimum atomic E-state index is 0.234. The van der Waals surface area contributed by atoms with E-state index in [0.717, 1.165) is 122 Å². The van der Waals surface area contributed by atoms with E-state index in [1.165, 1.54) is 0 Å². The van der Waals surface area contributed by atoms with E-state index in [0.29, 0.717) is 0 Å². The Hall–Kier alpha value is -9.32. The number of anilines is 6. The van der Waals surface area contributed by atoms with Crippen LogP contribution in [-0.4, -0.2) is 5.11 Å².